The van der Waals surface area contributed by atoms with Crippen molar-refractivity contribution in [2.45, 2.75) is 27.7 Å². The summed E-state index contributed by atoms with van der Waals surface area (Å²) < 4.78 is 6.73. The molecule has 0 saturated heterocycles. The van der Waals surface area contributed by atoms with Gasteiger partial charge < -0.3 is 10.1 Å². The fraction of sp³-hybridized carbons (Fsp3) is 0.316. The molecule has 0 atom stereocenters. The lowest BCUT2D eigenvalue weighted by atomic mass is 10.1. The number of carbonyl (C=O) groups excluding carboxylic acids is 2. The number of rotatable bonds is 5. The Bertz CT molecular complexity index is 835. The molecule has 1 N–H and O–H groups in total. The quantitative estimate of drug-likeness (QED) is 0.670. The maximum absolute atomic E-state index is 11.9. The van der Waals surface area contributed by atoms with Gasteiger partial charge in [-0.25, -0.2) is 4.79 Å². The number of carbonyl (C=O) groups is 2. The minimum atomic E-state index is -0.571. The number of benzene rings is 1. The predicted molar refractivity (Wildman–Crippen MR) is 97.2 cm³/mol. The molecule has 0 saturated carbocycles. The third kappa shape index (κ3) is 4.79. The average molecular weight is 341 g/mol. The van der Waals surface area contributed by atoms with Crippen LogP contribution in [0.2, 0.25) is 0 Å². The maximum atomic E-state index is 11.9. The molecule has 0 fully saturated rings. The Balaban J connectivity index is 1.89. The molecule has 0 bridgehead atoms. The Morgan fingerprint density at radius 2 is 1.96 bits per heavy atom. The molecule has 1 heterocycles. The Hall–Kier alpha value is -2.89. The molecule has 0 radical (unpaired) electrons. The highest BCUT2D eigenvalue weighted by Crippen LogP contribution is 2.16. The molecule has 0 aliphatic heterocycles. The number of amides is 1. The fourth-order valence-corrected chi connectivity index (χ4v) is 2.51. The summed E-state index contributed by atoms with van der Waals surface area (Å²) in [6, 6.07) is 5.72. The third-order valence-electron chi connectivity index (χ3n) is 3.95. The van der Waals surface area contributed by atoms with Gasteiger partial charge in [-0.1, -0.05) is 17.7 Å². The van der Waals surface area contributed by atoms with E-state index in [9.17, 15) is 9.59 Å². The largest absolute Gasteiger partial charge is 0.452 e. The average Bonchev–Trinajstić information content (AvgIpc) is 2.79. The Morgan fingerprint density at radius 3 is 2.56 bits per heavy atom. The molecular weight excluding hydrogens is 318 g/mol. The number of hydrogen-bond acceptors (Lipinski definition) is 4. The third-order valence-corrected chi connectivity index (χ3v) is 3.95. The number of nitrogens with one attached hydrogen (secondary N) is 1. The summed E-state index contributed by atoms with van der Waals surface area (Å²) in [7, 11) is 1.84. The molecule has 6 nitrogen and oxygen atoms in total. The van der Waals surface area contributed by atoms with Crippen LogP contribution in [0.3, 0.4) is 0 Å². The summed E-state index contributed by atoms with van der Waals surface area (Å²) in [5, 5.41) is 7.01. The molecule has 0 aliphatic carbocycles. The van der Waals surface area contributed by atoms with Crippen LogP contribution in [0.4, 0.5) is 5.69 Å². The van der Waals surface area contributed by atoms with E-state index in [1.165, 1.54) is 6.08 Å². The monoisotopic (exact) mass is 341 g/mol. The zero-order chi connectivity index (χ0) is 18.6. The van der Waals surface area contributed by atoms with E-state index in [-0.39, 0.29) is 12.5 Å². The van der Waals surface area contributed by atoms with Gasteiger partial charge in [0.05, 0.1) is 5.69 Å². The van der Waals surface area contributed by atoms with E-state index >= 15 is 0 Å². The van der Waals surface area contributed by atoms with Crippen molar-refractivity contribution < 1.29 is 14.3 Å². The summed E-state index contributed by atoms with van der Waals surface area (Å²) in [4.78, 5) is 23.7. The first-order chi connectivity index (χ1) is 11.8. The van der Waals surface area contributed by atoms with Gasteiger partial charge in [0.15, 0.2) is 6.61 Å². The second-order valence-corrected chi connectivity index (χ2v) is 6.02. The van der Waals surface area contributed by atoms with E-state index in [0.29, 0.717) is 5.69 Å². The number of ether oxygens (including phenoxy) is 1. The molecule has 2 aromatic rings. The number of nitrogens with zero attached hydrogens (tertiary/aromatic N) is 2. The molecule has 6 heteroatoms. The van der Waals surface area contributed by atoms with Crippen molar-refractivity contribution in [1.29, 1.82) is 0 Å². The molecule has 25 heavy (non-hydrogen) atoms. The summed E-state index contributed by atoms with van der Waals surface area (Å²) in [6.07, 6.45) is 2.96. The molecule has 0 unspecified atom stereocenters. The highest BCUT2D eigenvalue weighted by Gasteiger charge is 2.09. The van der Waals surface area contributed by atoms with Crippen LogP contribution in [0.15, 0.2) is 24.3 Å². The highest BCUT2D eigenvalue weighted by molar-refractivity contribution is 5.95. The van der Waals surface area contributed by atoms with Gasteiger partial charge in [-0.15, -0.1) is 0 Å². The number of hydrogen-bond donors (Lipinski definition) is 1. The van der Waals surface area contributed by atoms with Crippen molar-refractivity contribution in [3.05, 3.63) is 52.4 Å². The first kappa shape index (κ1) is 18.4. The molecule has 1 aromatic heterocycles. The first-order valence-corrected chi connectivity index (χ1v) is 8.00. The lowest BCUT2D eigenvalue weighted by molar-refractivity contribution is -0.142. The van der Waals surface area contributed by atoms with Gasteiger partial charge in [0.2, 0.25) is 0 Å². The molecule has 0 spiro atoms. The number of aromatic nitrogens is 2. The summed E-state index contributed by atoms with van der Waals surface area (Å²) >= 11 is 0. The van der Waals surface area contributed by atoms with Gasteiger partial charge >= 0.3 is 5.97 Å². The van der Waals surface area contributed by atoms with E-state index < -0.39 is 5.97 Å². The van der Waals surface area contributed by atoms with Gasteiger partial charge in [-0.05, 0) is 45.4 Å². The van der Waals surface area contributed by atoms with Gasteiger partial charge in [-0.2, -0.15) is 5.10 Å². The maximum Gasteiger partial charge on any atom is 0.331 e. The van der Waals surface area contributed by atoms with Gasteiger partial charge in [0.1, 0.15) is 0 Å². The summed E-state index contributed by atoms with van der Waals surface area (Å²) in [6.45, 7) is 7.35. The van der Waals surface area contributed by atoms with Crippen LogP contribution >= 0.6 is 0 Å². The van der Waals surface area contributed by atoms with E-state index in [1.54, 1.807) is 10.8 Å². The van der Waals surface area contributed by atoms with E-state index in [4.69, 9.17) is 4.74 Å². The van der Waals surface area contributed by atoms with Crippen LogP contribution in [0.25, 0.3) is 6.08 Å². The molecule has 132 valence electrons. The van der Waals surface area contributed by atoms with Crippen LogP contribution in [0.5, 0.6) is 0 Å². The van der Waals surface area contributed by atoms with Crippen molar-refractivity contribution in [2.75, 3.05) is 11.9 Å². The summed E-state index contributed by atoms with van der Waals surface area (Å²) in [5.41, 5.74) is 5.45. The minimum Gasteiger partial charge on any atom is -0.452 e. The van der Waals surface area contributed by atoms with Crippen LogP contribution in [0, 0.1) is 27.7 Å². The SMILES string of the molecule is Cc1ccc(NC(=O)COC(=O)/C=C/c2c(C)nn(C)c2C)c(C)c1. The smallest absolute Gasteiger partial charge is 0.331 e. The van der Waals surface area contributed by atoms with Crippen molar-refractivity contribution >= 4 is 23.6 Å². The van der Waals surface area contributed by atoms with Crippen LogP contribution < -0.4 is 5.32 Å². The zero-order valence-electron chi connectivity index (χ0n) is 15.2. The van der Waals surface area contributed by atoms with Crippen LogP contribution in [0.1, 0.15) is 28.1 Å². The van der Waals surface area contributed by atoms with Gasteiger partial charge in [-0.3, -0.25) is 9.48 Å². The number of anilines is 1. The van der Waals surface area contributed by atoms with Gasteiger partial charge in [0.25, 0.3) is 5.91 Å². The fourth-order valence-electron chi connectivity index (χ4n) is 2.51. The minimum absolute atomic E-state index is 0.332. The Kier molecular flexibility index (Phi) is 5.75. The Labute approximate surface area is 147 Å². The lowest BCUT2D eigenvalue weighted by Gasteiger charge is -2.09. The normalized spacial score (nSPS) is 10.9. The summed E-state index contributed by atoms with van der Waals surface area (Å²) in [5.74, 6) is -0.944. The van der Waals surface area contributed by atoms with Crippen LogP contribution in [-0.2, 0) is 21.4 Å². The second-order valence-electron chi connectivity index (χ2n) is 6.02. The van der Waals surface area contributed by atoms with Crippen molar-refractivity contribution in [3.8, 4) is 0 Å². The van der Waals surface area contributed by atoms with Crippen molar-refractivity contribution in [3.63, 3.8) is 0 Å². The molecule has 1 amide bonds. The lowest BCUT2D eigenvalue weighted by Crippen LogP contribution is -2.20. The standard InChI is InChI=1S/C19H23N3O3/c1-12-6-8-17(13(2)10-12)20-18(23)11-25-19(24)9-7-16-14(3)21-22(5)15(16)4/h6-10H,11H2,1-5H3,(H,20,23)/b9-7+. The van der Waals surface area contributed by atoms with Crippen molar-refractivity contribution in [2.24, 2.45) is 7.05 Å². The van der Waals surface area contributed by atoms with E-state index in [1.807, 2.05) is 52.9 Å². The predicted octanol–water partition coefficient (Wildman–Crippen LogP) is 2.85. The molecular formula is C19H23N3O3. The molecule has 1 aromatic carbocycles. The van der Waals surface area contributed by atoms with Crippen molar-refractivity contribution in [1.82, 2.24) is 9.78 Å². The zero-order valence-corrected chi connectivity index (χ0v) is 15.2. The Morgan fingerprint density at radius 1 is 1.24 bits per heavy atom. The number of esters is 1. The molecule has 0 aliphatic rings. The second kappa shape index (κ2) is 7.79. The molecule has 2 rings (SSSR count). The van der Waals surface area contributed by atoms with Crippen LogP contribution in [-0.4, -0.2) is 28.3 Å². The first-order valence-electron chi connectivity index (χ1n) is 8.00. The number of aryl methyl sites for hydroxylation is 4. The topological polar surface area (TPSA) is 73.2 Å². The highest BCUT2D eigenvalue weighted by atomic mass is 16.5. The van der Waals surface area contributed by atoms with Gasteiger partial charge in [0, 0.05) is 30.1 Å². The van der Waals surface area contributed by atoms with E-state index in [0.717, 1.165) is 28.1 Å². The van der Waals surface area contributed by atoms with E-state index in [2.05, 4.69) is 10.4 Å².